The van der Waals surface area contributed by atoms with E-state index in [-0.39, 0.29) is 18.4 Å². The van der Waals surface area contributed by atoms with Crippen LogP contribution in [0.25, 0.3) is 11.4 Å². The molecule has 0 aliphatic carbocycles. The van der Waals surface area contributed by atoms with Crippen LogP contribution in [0.4, 0.5) is 0 Å². The van der Waals surface area contributed by atoms with Crippen molar-refractivity contribution in [3.05, 3.63) is 34.6 Å². The number of carbonyl (C=O) groups excluding carboxylic acids is 2. The highest BCUT2D eigenvalue weighted by molar-refractivity contribution is 7.71. The van der Waals surface area contributed by atoms with Crippen molar-refractivity contribution in [3.63, 3.8) is 0 Å². The van der Waals surface area contributed by atoms with Gasteiger partial charge in [0.25, 0.3) is 0 Å². The monoisotopic (exact) mass is 430 g/mol. The number of carbonyl (C=O) groups is 2. The largest absolute Gasteiger partial charge is 0.355 e. The van der Waals surface area contributed by atoms with E-state index in [1.54, 1.807) is 4.57 Å². The fourth-order valence-electron chi connectivity index (χ4n) is 3.44. The maximum absolute atomic E-state index is 12.9. The lowest BCUT2D eigenvalue weighted by atomic mass is 10.1. The average molecular weight is 431 g/mol. The van der Waals surface area contributed by atoms with Crippen LogP contribution in [-0.2, 0) is 16.1 Å². The molecule has 0 atom stereocenters. The Kier molecular flexibility index (Phi) is 7.75. The first kappa shape index (κ1) is 22.2. The molecule has 1 aromatic heterocycles. The molecule has 1 fully saturated rings. The second-order valence-electron chi connectivity index (χ2n) is 7.66. The van der Waals surface area contributed by atoms with Crippen LogP contribution < -0.4 is 5.32 Å². The van der Waals surface area contributed by atoms with Crippen LogP contribution in [0, 0.1) is 11.7 Å². The van der Waals surface area contributed by atoms with Gasteiger partial charge in [0.15, 0.2) is 10.6 Å². The second kappa shape index (κ2) is 10.5. The van der Waals surface area contributed by atoms with Crippen LogP contribution >= 0.6 is 12.2 Å². The molecular formula is C21H30N6O2S. The highest BCUT2D eigenvalue weighted by atomic mass is 32.1. The molecule has 1 aliphatic rings. The Bertz CT molecular complexity index is 912. The first-order valence-corrected chi connectivity index (χ1v) is 10.9. The molecular weight excluding hydrogens is 400 g/mol. The number of rotatable bonds is 8. The molecule has 0 unspecified atom stereocenters. The van der Waals surface area contributed by atoms with E-state index in [2.05, 4.69) is 27.3 Å². The fraction of sp³-hybridized carbons (Fsp3) is 0.524. The van der Waals surface area contributed by atoms with Crippen molar-refractivity contribution in [1.82, 2.24) is 29.9 Å². The molecule has 1 saturated heterocycles. The highest BCUT2D eigenvalue weighted by Gasteiger charge is 2.23. The van der Waals surface area contributed by atoms with E-state index in [1.165, 1.54) is 0 Å². The number of amides is 2. The normalized spacial score (nSPS) is 14.7. The minimum absolute atomic E-state index is 0.00732. The lowest BCUT2D eigenvalue weighted by Crippen LogP contribution is -2.51. The molecule has 162 valence electrons. The number of piperazine rings is 1. The summed E-state index contributed by atoms with van der Waals surface area (Å²) in [5.74, 6) is 0.722. The number of nitrogens with zero attached hydrogens (tertiary/aromatic N) is 4. The van der Waals surface area contributed by atoms with Crippen LogP contribution in [0.5, 0.6) is 0 Å². The fourth-order valence-corrected chi connectivity index (χ4v) is 3.64. The van der Waals surface area contributed by atoms with Gasteiger partial charge in [-0.05, 0) is 25.6 Å². The lowest BCUT2D eigenvalue weighted by Gasteiger charge is -2.34. The van der Waals surface area contributed by atoms with Gasteiger partial charge in [0.1, 0.15) is 6.54 Å². The number of hydrogen-bond acceptors (Lipinski definition) is 5. The topological polar surface area (TPSA) is 86.3 Å². The standard InChI is InChI=1S/C21H30N6O2S/c1-3-4-9-22-18(28)14-25-10-12-26(13-11-25)19(29)15-27-20(23-24-21(27)30)17-7-5-16(2)6-8-17/h5-8H,3-4,9-15H2,1-2H3,(H,22,28)(H,24,30). The van der Waals surface area contributed by atoms with Crippen molar-refractivity contribution >= 4 is 24.0 Å². The van der Waals surface area contributed by atoms with Crippen molar-refractivity contribution < 1.29 is 9.59 Å². The molecule has 2 N–H and O–H groups in total. The van der Waals surface area contributed by atoms with Gasteiger partial charge in [-0.15, -0.1) is 0 Å². The molecule has 1 aliphatic heterocycles. The zero-order chi connectivity index (χ0) is 21.5. The summed E-state index contributed by atoms with van der Waals surface area (Å²) in [7, 11) is 0. The molecule has 2 heterocycles. The molecule has 1 aromatic carbocycles. The predicted molar refractivity (Wildman–Crippen MR) is 119 cm³/mol. The Labute approximate surface area is 182 Å². The maximum Gasteiger partial charge on any atom is 0.242 e. The number of aryl methyl sites for hydroxylation is 1. The van der Waals surface area contributed by atoms with E-state index in [4.69, 9.17) is 12.2 Å². The van der Waals surface area contributed by atoms with Gasteiger partial charge in [0.2, 0.25) is 11.8 Å². The summed E-state index contributed by atoms with van der Waals surface area (Å²) in [6.45, 7) is 7.97. The number of unbranched alkanes of at least 4 members (excludes halogenated alkanes) is 1. The summed E-state index contributed by atoms with van der Waals surface area (Å²) >= 11 is 5.35. The van der Waals surface area contributed by atoms with Gasteiger partial charge >= 0.3 is 0 Å². The van der Waals surface area contributed by atoms with Crippen molar-refractivity contribution in [2.75, 3.05) is 39.3 Å². The summed E-state index contributed by atoms with van der Waals surface area (Å²) in [4.78, 5) is 28.8. The number of aromatic amines is 1. The van der Waals surface area contributed by atoms with Crippen LogP contribution in [0.1, 0.15) is 25.3 Å². The van der Waals surface area contributed by atoms with Crippen molar-refractivity contribution in [3.8, 4) is 11.4 Å². The summed E-state index contributed by atoms with van der Waals surface area (Å²) in [6.07, 6.45) is 2.06. The molecule has 2 aromatic rings. The molecule has 0 spiro atoms. The zero-order valence-electron chi connectivity index (χ0n) is 17.7. The zero-order valence-corrected chi connectivity index (χ0v) is 18.5. The number of H-pyrrole nitrogens is 1. The minimum atomic E-state index is 0.00732. The third-order valence-corrected chi connectivity index (χ3v) is 5.62. The van der Waals surface area contributed by atoms with Crippen molar-refractivity contribution in [2.45, 2.75) is 33.2 Å². The molecule has 3 rings (SSSR count). The Hall–Kier alpha value is -2.52. The number of benzene rings is 1. The maximum atomic E-state index is 12.9. The molecule has 2 amide bonds. The van der Waals surface area contributed by atoms with Crippen LogP contribution in [0.15, 0.2) is 24.3 Å². The Morgan fingerprint density at radius 3 is 2.50 bits per heavy atom. The van der Waals surface area contributed by atoms with Gasteiger partial charge in [-0.3, -0.25) is 24.2 Å². The van der Waals surface area contributed by atoms with Gasteiger partial charge in [-0.1, -0.05) is 43.2 Å². The predicted octanol–water partition coefficient (Wildman–Crippen LogP) is 1.98. The van der Waals surface area contributed by atoms with Gasteiger partial charge in [-0.2, -0.15) is 5.10 Å². The first-order valence-electron chi connectivity index (χ1n) is 10.5. The van der Waals surface area contributed by atoms with E-state index in [1.807, 2.05) is 36.1 Å². The van der Waals surface area contributed by atoms with E-state index in [0.717, 1.165) is 30.5 Å². The third-order valence-electron chi connectivity index (χ3n) is 5.31. The summed E-state index contributed by atoms with van der Waals surface area (Å²) in [5.41, 5.74) is 2.08. The van der Waals surface area contributed by atoms with E-state index in [9.17, 15) is 9.59 Å². The van der Waals surface area contributed by atoms with E-state index < -0.39 is 0 Å². The second-order valence-corrected chi connectivity index (χ2v) is 8.05. The number of aromatic nitrogens is 3. The quantitative estimate of drug-likeness (QED) is 0.494. The number of hydrogen-bond donors (Lipinski definition) is 2. The molecule has 0 bridgehead atoms. The number of nitrogens with one attached hydrogen (secondary N) is 2. The Balaban J connectivity index is 1.54. The van der Waals surface area contributed by atoms with Crippen LogP contribution in [-0.4, -0.2) is 75.6 Å². The molecule has 0 radical (unpaired) electrons. The first-order chi connectivity index (χ1) is 14.5. The van der Waals surface area contributed by atoms with E-state index in [0.29, 0.717) is 43.3 Å². The van der Waals surface area contributed by atoms with Gasteiger partial charge in [0, 0.05) is 38.3 Å². The van der Waals surface area contributed by atoms with Gasteiger partial charge in [-0.25, -0.2) is 0 Å². The highest BCUT2D eigenvalue weighted by Crippen LogP contribution is 2.18. The minimum Gasteiger partial charge on any atom is -0.355 e. The molecule has 8 nitrogen and oxygen atoms in total. The molecule has 30 heavy (non-hydrogen) atoms. The van der Waals surface area contributed by atoms with Crippen LogP contribution in [0.2, 0.25) is 0 Å². The molecule has 9 heteroatoms. The summed E-state index contributed by atoms with van der Waals surface area (Å²) < 4.78 is 2.18. The van der Waals surface area contributed by atoms with Crippen LogP contribution in [0.3, 0.4) is 0 Å². The van der Waals surface area contributed by atoms with Gasteiger partial charge in [0.05, 0.1) is 6.54 Å². The van der Waals surface area contributed by atoms with Gasteiger partial charge < -0.3 is 10.2 Å². The Morgan fingerprint density at radius 1 is 1.13 bits per heavy atom. The SMILES string of the molecule is CCCCNC(=O)CN1CCN(C(=O)Cn2c(-c3ccc(C)cc3)n[nH]c2=S)CC1. The third kappa shape index (κ3) is 5.76. The smallest absolute Gasteiger partial charge is 0.242 e. The average Bonchev–Trinajstić information content (AvgIpc) is 3.09. The van der Waals surface area contributed by atoms with Crippen molar-refractivity contribution in [1.29, 1.82) is 0 Å². The van der Waals surface area contributed by atoms with E-state index >= 15 is 0 Å². The summed E-state index contributed by atoms with van der Waals surface area (Å²) in [5, 5.41) is 10.1. The summed E-state index contributed by atoms with van der Waals surface area (Å²) in [6, 6.07) is 7.98. The lowest BCUT2D eigenvalue weighted by molar-refractivity contribution is -0.133. The Morgan fingerprint density at radius 2 is 1.83 bits per heavy atom. The van der Waals surface area contributed by atoms with Crippen molar-refractivity contribution in [2.24, 2.45) is 0 Å². The molecule has 0 saturated carbocycles.